The molecular weight excluding hydrogens is 394 g/mol. The van der Waals surface area contributed by atoms with Crippen LogP contribution < -0.4 is 5.56 Å². The van der Waals surface area contributed by atoms with Crippen LogP contribution in [0.4, 0.5) is 0 Å². The molecule has 3 aromatic heterocycles. The molecule has 0 unspecified atom stereocenters. The normalized spacial score (nSPS) is 11.9. The molecule has 0 aliphatic heterocycles. The Bertz CT molecular complexity index is 1270. The summed E-state index contributed by atoms with van der Waals surface area (Å²) in [5.41, 5.74) is 4.63. The molecule has 0 saturated carbocycles. The van der Waals surface area contributed by atoms with Crippen molar-refractivity contribution in [1.82, 2.24) is 24.1 Å². The van der Waals surface area contributed by atoms with Crippen LogP contribution in [0.2, 0.25) is 0 Å². The monoisotopic (exact) mass is 419 g/mol. The smallest absolute Gasteiger partial charge is 0.258 e. The van der Waals surface area contributed by atoms with Crippen molar-refractivity contribution in [2.24, 2.45) is 7.05 Å². The Morgan fingerprint density at radius 3 is 2.47 bits per heavy atom. The topological polar surface area (TPSA) is 65.1 Å². The van der Waals surface area contributed by atoms with Crippen molar-refractivity contribution >= 4 is 17.4 Å². The molecule has 0 atom stereocenters. The second-order valence-corrected chi connectivity index (χ2v) is 9.37. The van der Waals surface area contributed by atoms with Gasteiger partial charge < -0.3 is 4.57 Å². The molecular formula is C23H25N5OS. The van der Waals surface area contributed by atoms with Gasteiger partial charge in [0, 0.05) is 30.1 Å². The van der Waals surface area contributed by atoms with E-state index in [4.69, 9.17) is 0 Å². The Kier molecular flexibility index (Phi) is 5.24. The van der Waals surface area contributed by atoms with Gasteiger partial charge in [0.15, 0.2) is 11.0 Å². The lowest BCUT2D eigenvalue weighted by molar-refractivity contribution is 0.590. The lowest BCUT2D eigenvalue weighted by atomic mass is 9.87. The molecule has 0 saturated heterocycles. The summed E-state index contributed by atoms with van der Waals surface area (Å²) in [5.74, 6) is 1.37. The van der Waals surface area contributed by atoms with Crippen molar-refractivity contribution in [3.05, 3.63) is 75.8 Å². The maximum atomic E-state index is 12.5. The zero-order valence-electron chi connectivity index (χ0n) is 17.9. The van der Waals surface area contributed by atoms with Crippen LogP contribution >= 0.6 is 11.8 Å². The summed E-state index contributed by atoms with van der Waals surface area (Å²) < 4.78 is 3.60. The first-order valence-electron chi connectivity index (χ1n) is 9.85. The van der Waals surface area contributed by atoms with Crippen LogP contribution in [0.5, 0.6) is 0 Å². The molecule has 4 aromatic rings. The molecule has 3 heterocycles. The largest absolute Gasteiger partial charge is 0.305 e. The third kappa shape index (κ3) is 3.89. The van der Waals surface area contributed by atoms with E-state index in [1.807, 2.05) is 36.7 Å². The lowest BCUT2D eigenvalue weighted by Crippen LogP contribution is -2.17. The lowest BCUT2D eigenvalue weighted by Gasteiger charge is -2.19. The average Bonchev–Trinajstić information content (AvgIpc) is 3.06. The quantitative estimate of drug-likeness (QED) is 0.459. The van der Waals surface area contributed by atoms with Gasteiger partial charge in [0.25, 0.3) is 5.56 Å². The van der Waals surface area contributed by atoms with Crippen molar-refractivity contribution in [1.29, 1.82) is 0 Å². The summed E-state index contributed by atoms with van der Waals surface area (Å²) in [7, 11) is 1.96. The van der Waals surface area contributed by atoms with E-state index in [0.717, 1.165) is 27.9 Å². The molecule has 6 nitrogen and oxygen atoms in total. The summed E-state index contributed by atoms with van der Waals surface area (Å²) in [4.78, 5) is 17.1. The van der Waals surface area contributed by atoms with Crippen LogP contribution in [-0.2, 0) is 18.2 Å². The summed E-state index contributed by atoms with van der Waals surface area (Å²) in [6, 6.07) is 15.7. The summed E-state index contributed by atoms with van der Waals surface area (Å²) >= 11 is 1.52. The van der Waals surface area contributed by atoms with Gasteiger partial charge in [-0.3, -0.25) is 9.20 Å². The first-order valence-corrected chi connectivity index (χ1v) is 10.8. The standard InChI is InChI=1S/C23H25N5OS/c1-15-7-6-8-19-24-18(13-20(29)28(15)19)14-30-22-26-25-21(27(22)5)16-9-11-17(12-10-16)23(2,3)4/h6-13H,14H2,1-5H3. The van der Waals surface area contributed by atoms with Gasteiger partial charge in [-0.2, -0.15) is 0 Å². The van der Waals surface area contributed by atoms with Gasteiger partial charge in [0.2, 0.25) is 0 Å². The van der Waals surface area contributed by atoms with E-state index in [-0.39, 0.29) is 11.0 Å². The van der Waals surface area contributed by atoms with Gasteiger partial charge in [0.1, 0.15) is 5.65 Å². The molecule has 0 radical (unpaired) electrons. The van der Waals surface area contributed by atoms with Crippen LogP contribution in [0.15, 0.2) is 58.5 Å². The Labute approximate surface area is 180 Å². The number of benzene rings is 1. The molecule has 154 valence electrons. The van der Waals surface area contributed by atoms with E-state index < -0.39 is 0 Å². The minimum atomic E-state index is -0.0636. The van der Waals surface area contributed by atoms with Crippen molar-refractivity contribution in [2.75, 3.05) is 0 Å². The number of hydrogen-bond donors (Lipinski definition) is 0. The number of aryl methyl sites for hydroxylation is 1. The van der Waals surface area contributed by atoms with Crippen molar-refractivity contribution in [3.63, 3.8) is 0 Å². The highest BCUT2D eigenvalue weighted by molar-refractivity contribution is 7.98. The van der Waals surface area contributed by atoms with Crippen LogP contribution in [-0.4, -0.2) is 24.1 Å². The van der Waals surface area contributed by atoms with Gasteiger partial charge in [-0.15, -0.1) is 10.2 Å². The van der Waals surface area contributed by atoms with Gasteiger partial charge in [-0.05, 0) is 30.0 Å². The predicted octanol–water partition coefficient (Wildman–Crippen LogP) is 4.39. The Morgan fingerprint density at radius 1 is 1.03 bits per heavy atom. The zero-order chi connectivity index (χ0) is 21.5. The molecule has 0 N–H and O–H groups in total. The highest BCUT2D eigenvalue weighted by Gasteiger charge is 2.16. The Balaban J connectivity index is 1.55. The fourth-order valence-corrected chi connectivity index (χ4v) is 4.19. The van der Waals surface area contributed by atoms with Crippen LogP contribution in [0.25, 0.3) is 17.0 Å². The highest BCUT2D eigenvalue weighted by Crippen LogP contribution is 2.27. The molecule has 30 heavy (non-hydrogen) atoms. The van der Waals surface area contributed by atoms with Crippen molar-refractivity contribution in [3.8, 4) is 11.4 Å². The van der Waals surface area contributed by atoms with Crippen LogP contribution in [0.3, 0.4) is 0 Å². The maximum Gasteiger partial charge on any atom is 0.258 e. The van der Waals surface area contributed by atoms with E-state index >= 15 is 0 Å². The van der Waals surface area contributed by atoms with E-state index in [1.54, 1.807) is 10.5 Å². The van der Waals surface area contributed by atoms with Gasteiger partial charge in [0.05, 0.1) is 5.69 Å². The molecule has 1 aromatic carbocycles. The van der Waals surface area contributed by atoms with Crippen molar-refractivity contribution < 1.29 is 0 Å². The highest BCUT2D eigenvalue weighted by atomic mass is 32.2. The van der Waals surface area contributed by atoms with E-state index in [2.05, 4.69) is 60.2 Å². The maximum absolute atomic E-state index is 12.5. The number of rotatable bonds is 4. The molecule has 0 aliphatic rings. The van der Waals surface area contributed by atoms with Gasteiger partial charge in [-0.1, -0.05) is 62.9 Å². The minimum absolute atomic E-state index is 0.0636. The zero-order valence-corrected chi connectivity index (χ0v) is 18.7. The number of pyridine rings is 1. The number of hydrogen-bond acceptors (Lipinski definition) is 5. The third-order valence-corrected chi connectivity index (χ3v) is 6.18. The second kappa shape index (κ2) is 7.72. The Hall–Kier alpha value is -2.93. The molecule has 0 spiro atoms. The van der Waals surface area contributed by atoms with Crippen LogP contribution in [0.1, 0.15) is 37.7 Å². The molecule has 0 bridgehead atoms. The molecule has 7 heteroatoms. The summed E-state index contributed by atoms with van der Waals surface area (Å²) in [6.07, 6.45) is 0. The van der Waals surface area contributed by atoms with Gasteiger partial charge in [-0.25, -0.2) is 4.98 Å². The summed E-state index contributed by atoms with van der Waals surface area (Å²) in [6.45, 7) is 8.51. The minimum Gasteiger partial charge on any atom is -0.305 e. The number of fused-ring (bicyclic) bond motifs is 1. The van der Waals surface area contributed by atoms with E-state index in [0.29, 0.717) is 11.4 Å². The number of aromatic nitrogens is 5. The molecule has 0 aliphatic carbocycles. The predicted molar refractivity (Wildman–Crippen MR) is 121 cm³/mol. The third-order valence-electron chi connectivity index (χ3n) is 5.13. The van der Waals surface area contributed by atoms with Crippen molar-refractivity contribution in [2.45, 2.75) is 44.0 Å². The SMILES string of the molecule is Cc1cccc2nc(CSc3nnc(-c4ccc(C(C)(C)C)cc4)n3C)cc(=O)n12. The van der Waals surface area contributed by atoms with E-state index in [9.17, 15) is 4.79 Å². The van der Waals surface area contributed by atoms with E-state index in [1.165, 1.54) is 17.3 Å². The average molecular weight is 420 g/mol. The Morgan fingerprint density at radius 2 is 1.77 bits per heavy atom. The number of thioether (sulfide) groups is 1. The fraction of sp³-hybridized carbons (Fsp3) is 0.304. The first kappa shape index (κ1) is 20.3. The number of nitrogens with zero attached hydrogens (tertiary/aromatic N) is 5. The first-order chi connectivity index (χ1) is 14.2. The second-order valence-electron chi connectivity index (χ2n) is 8.43. The molecule has 0 amide bonds. The fourth-order valence-electron chi connectivity index (χ4n) is 3.39. The van der Waals surface area contributed by atoms with Gasteiger partial charge >= 0.3 is 0 Å². The van der Waals surface area contributed by atoms with Crippen LogP contribution in [0, 0.1) is 6.92 Å². The summed E-state index contributed by atoms with van der Waals surface area (Å²) in [5, 5.41) is 9.51. The molecule has 4 rings (SSSR count). The molecule has 0 fully saturated rings.